The summed E-state index contributed by atoms with van der Waals surface area (Å²) in [7, 11) is 2.03. The topological polar surface area (TPSA) is 45.5 Å². The van der Waals surface area contributed by atoms with Crippen molar-refractivity contribution in [2.24, 2.45) is 7.05 Å². The van der Waals surface area contributed by atoms with Gasteiger partial charge in [0, 0.05) is 43.7 Å². The summed E-state index contributed by atoms with van der Waals surface area (Å²) in [5, 5.41) is 10.5. The van der Waals surface area contributed by atoms with E-state index in [0.717, 1.165) is 5.56 Å². The number of hydrogen-bond donors (Lipinski definition) is 1. The quantitative estimate of drug-likeness (QED) is 0.720. The Balaban J connectivity index is 1.68. The Kier molecular flexibility index (Phi) is 5.51. The van der Waals surface area contributed by atoms with Crippen LogP contribution in [0.15, 0.2) is 60.8 Å². The van der Waals surface area contributed by atoms with Crippen molar-refractivity contribution in [2.45, 2.75) is 19.4 Å². The van der Waals surface area contributed by atoms with Gasteiger partial charge in [-0.2, -0.15) is 0 Å². The first-order valence-corrected chi connectivity index (χ1v) is 8.64. The monoisotopic (exact) mass is 336 g/mol. The molecule has 1 heterocycles. The first-order valence-electron chi connectivity index (χ1n) is 8.64. The lowest BCUT2D eigenvalue weighted by atomic mass is 10.1. The Morgan fingerprint density at radius 2 is 1.80 bits per heavy atom. The molecular weight excluding hydrogens is 312 g/mol. The van der Waals surface area contributed by atoms with Crippen LogP contribution in [-0.2, 0) is 24.8 Å². The molecule has 0 saturated carbocycles. The highest BCUT2D eigenvalue weighted by Crippen LogP contribution is 2.21. The average molecular weight is 336 g/mol. The normalized spacial score (nSPS) is 11.0. The number of carbonyl (C=O) groups excluding carboxylic acids is 1. The Labute approximate surface area is 148 Å². The molecule has 130 valence electrons. The second-order valence-electron chi connectivity index (χ2n) is 6.31. The standard InChI is InChI=1S/C21H24N2O2/c1-22-16-18(19-9-5-6-10-20(19)22)11-12-21(25)23(13-14-24)15-17-7-3-2-4-8-17/h2-10,16,24H,11-15H2,1H3. The fourth-order valence-corrected chi connectivity index (χ4v) is 3.24. The van der Waals surface area contributed by atoms with E-state index in [1.807, 2.05) is 49.5 Å². The molecule has 0 aliphatic rings. The number of carbonyl (C=O) groups is 1. The molecule has 0 saturated heterocycles. The Morgan fingerprint density at radius 3 is 2.56 bits per heavy atom. The van der Waals surface area contributed by atoms with Crippen molar-refractivity contribution in [3.05, 3.63) is 71.9 Å². The number of nitrogens with zero attached hydrogens (tertiary/aromatic N) is 2. The van der Waals surface area contributed by atoms with Crippen LogP contribution in [0.5, 0.6) is 0 Å². The predicted octanol–water partition coefficient (Wildman–Crippen LogP) is 3.13. The summed E-state index contributed by atoms with van der Waals surface area (Å²) in [5.41, 5.74) is 3.45. The number of aliphatic hydroxyl groups excluding tert-OH is 1. The maximum atomic E-state index is 12.7. The molecule has 1 amide bonds. The minimum absolute atomic E-state index is 0.0210. The summed E-state index contributed by atoms with van der Waals surface area (Å²) in [6, 6.07) is 18.1. The highest BCUT2D eigenvalue weighted by atomic mass is 16.3. The third kappa shape index (κ3) is 4.09. The zero-order valence-electron chi connectivity index (χ0n) is 14.6. The van der Waals surface area contributed by atoms with Gasteiger partial charge in [0.15, 0.2) is 0 Å². The third-order valence-electron chi connectivity index (χ3n) is 4.53. The average Bonchev–Trinajstić information content (AvgIpc) is 2.96. The number of para-hydroxylation sites is 1. The van der Waals surface area contributed by atoms with E-state index in [9.17, 15) is 9.90 Å². The van der Waals surface area contributed by atoms with E-state index in [-0.39, 0.29) is 12.5 Å². The molecule has 1 N–H and O–H groups in total. The van der Waals surface area contributed by atoms with E-state index < -0.39 is 0 Å². The van der Waals surface area contributed by atoms with Gasteiger partial charge < -0.3 is 14.6 Å². The van der Waals surface area contributed by atoms with E-state index in [1.54, 1.807) is 4.90 Å². The molecule has 25 heavy (non-hydrogen) atoms. The van der Waals surface area contributed by atoms with Crippen molar-refractivity contribution in [3.8, 4) is 0 Å². The number of aryl methyl sites for hydroxylation is 2. The number of amides is 1. The number of benzene rings is 2. The summed E-state index contributed by atoms with van der Waals surface area (Å²) in [6.45, 7) is 0.881. The first-order chi connectivity index (χ1) is 12.2. The van der Waals surface area contributed by atoms with Crippen LogP contribution in [0.2, 0.25) is 0 Å². The molecule has 0 atom stereocenters. The van der Waals surface area contributed by atoms with Gasteiger partial charge in [0.05, 0.1) is 6.61 Å². The molecule has 0 unspecified atom stereocenters. The van der Waals surface area contributed by atoms with Gasteiger partial charge >= 0.3 is 0 Å². The van der Waals surface area contributed by atoms with E-state index in [1.165, 1.54) is 16.5 Å². The molecule has 0 spiro atoms. The maximum Gasteiger partial charge on any atom is 0.223 e. The van der Waals surface area contributed by atoms with E-state index in [4.69, 9.17) is 0 Å². The molecule has 0 bridgehead atoms. The molecule has 4 heteroatoms. The third-order valence-corrected chi connectivity index (χ3v) is 4.53. The predicted molar refractivity (Wildman–Crippen MR) is 100 cm³/mol. The molecule has 1 aromatic heterocycles. The first kappa shape index (κ1) is 17.2. The minimum Gasteiger partial charge on any atom is -0.395 e. The number of fused-ring (bicyclic) bond motifs is 1. The van der Waals surface area contributed by atoms with Crippen molar-refractivity contribution < 1.29 is 9.90 Å². The van der Waals surface area contributed by atoms with Gasteiger partial charge in [-0.1, -0.05) is 48.5 Å². The summed E-state index contributed by atoms with van der Waals surface area (Å²) >= 11 is 0. The molecule has 3 rings (SSSR count). The van der Waals surface area contributed by atoms with Crippen molar-refractivity contribution in [3.63, 3.8) is 0 Å². The Hall–Kier alpha value is -2.59. The largest absolute Gasteiger partial charge is 0.395 e. The summed E-state index contributed by atoms with van der Waals surface area (Å²) in [6.07, 6.45) is 3.25. The molecule has 0 radical (unpaired) electrons. The van der Waals surface area contributed by atoms with Gasteiger partial charge in [-0.25, -0.2) is 0 Å². The van der Waals surface area contributed by atoms with Gasteiger partial charge in [0.25, 0.3) is 0 Å². The zero-order chi connectivity index (χ0) is 17.6. The number of aromatic nitrogens is 1. The lowest BCUT2D eigenvalue weighted by molar-refractivity contribution is -0.132. The fourth-order valence-electron chi connectivity index (χ4n) is 3.24. The van der Waals surface area contributed by atoms with Crippen LogP contribution in [0.4, 0.5) is 0 Å². The second-order valence-corrected chi connectivity index (χ2v) is 6.31. The summed E-state index contributed by atoms with van der Waals surface area (Å²) in [5.74, 6) is 0.0748. The molecule has 2 aromatic carbocycles. The number of aliphatic hydroxyl groups is 1. The number of hydrogen-bond acceptors (Lipinski definition) is 2. The highest BCUT2D eigenvalue weighted by molar-refractivity contribution is 5.85. The van der Waals surface area contributed by atoms with E-state index in [2.05, 4.69) is 22.9 Å². The van der Waals surface area contributed by atoms with Crippen LogP contribution < -0.4 is 0 Å². The van der Waals surface area contributed by atoms with Crippen molar-refractivity contribution in [1.29, 1.82) is 0 Å². The second kappa shape index (κ2) is 7.99. The van der Waals surface area contributed by atoms with E-state index in [0.29, 0.717) is 25.9 Å². The van der Waals surface area contributed by atoms with Crippen LogP contribution in [0.3, 0.4) is 0 Å². The van der Waals surface area contributed by atoms with Crippen molar-refractivity contribution >= 4 is 16.8 Å². The molecule has 4 nitrogen and oxygen atoms in total. The fraction of sp³-hybridized carbons (Fsp3) is 0.286. The molecular formula is C21H24N2O2. The highest BCUT2D eigenvalue weighted by Gasteiger charge is 2.15. The van der Waals surface area contributed by atoms with E-state index >= 15 is 0 Å². The Morgan fingerprint density at radius 1 is 1.08 bits per heavy atom. The molecule has 3 aromatic rings. The van der Waals surface area contributed by atoms with Crippen LogP contribution in [0, 0.1) is 0 Å². The van der Waals surface area contributed by atoms with Crippen LogP contribution in [0.1, 0.15) is 17.5 Å². The van der Waals surface area contributed by atoms with Crippen LogP contribution in [0.25, 0.3) is 10.9 Å². The van der Waals surface area contributed by atoms with Gasteiger partial charge in [0.2, 0.25) is 5.91 Å². The lowest BCUT2D eigenvalue weighted by Gasteiger charge is -2.22. The summed E-state index contributed by atoms with van der Waals surface area (Å²) in [4.78, 5) is 14.4. The van der Waals surface area contributed by atoms with Crippen molar-refractivity contribution in [1.82, 2.24) is 9.47 Å². The maximum absolute atomic E-state index is 12.7. The van der Waals surface area contributed by atoms with Crippen LogP contribution in [-0.4, -0.2) is 33.6 Å². The molecule has 0 aliphatic heterocycles. The van der Waals surface area contributed by atoms with Crippen molar-refractivity contribution in [2.75, 3.05) is 13.2 Å². The minimum atomic E-state index is -0.0210. The Bertz CT molecular complexity index is 839. The SMILES string of the molecule is Cn1cc(CCC(=O)N(CCO)Cc2ccccc2)c2ccccc21. The lowest BCUT2D eigenvalue weighted by Crippen LogP contribution is -2.33. The van der Waals surface area contributed by atoms with Gasteiger partial charge in [-0.3, -0.25) is 4.79 Å². The smallest absolute Gasteiger partial charge is 0.223 e. The van der Waals surface area contributed by atoms with Gasteiger partial charge in [-0.15, -0.1) is 0 Å². The molecule has 0 aliphatic carbocycles. The zero-order valence-corrected chi connectivity index (χ0v) is 14.6. The van der Waals surface area contributed by atoms with Crippen LogP contribution >= 0.6 is 0 Å². The van der Waals surface area contributed by atoms with Gasteiger partial charge in [0.1, 0.15) is 0 Å². The number of rotatable bonds is 7. The summed E-state index contributed by atoms with van der Waals surface area (Å²) < 4.78 is 2.10. The molecule has 0 fully saturated rings. The van der Waals surface area contributed by atoms with Gasteiger partial charge in [-0.05, 0) is 23.6 Å².